The smallest absolute Gasteiger partial charge is 0.316 e. The molecule has 0 spiro atoms. The molecule has 1 atom stereocenters. The number of nitrogens with two attached hydrogens (primary N) is 1. The molecule has 1 aromatic heterocycles. The predicted octanol–water partition coefficient (Wildman–Crippen LogP) is 4.03. The van der Waals surface area contributed by atoms with Gasteiger partial charge in [0.1, 0.15) is 11.2 Å². The minimum Gasteiger partial charge on any atom is -0.316 e. The number of halogens is 7. The fraction of sp³-hybridized carbons (Fsp3) is 0.286. The van der Waals surface area contributed by atoms with Gasteiger partial charge in [-0.25, -0.2) is 4.98 Å². The number of hydrogen-bond acceptors (Lipinski definition) is 2. The van der Waals surface area contributed by atoms with Crippen LogP contribution in [-0.2, 0) is 0 Å². The molecular formula is C7H5Cl4F3N2. The van der Waals surface area contributed by atoms with Crippen molar-refractivity contribution < 1.29 is 13.2 Å². The van der Waals surface area contributed by atoms with Crippen molar-refractivity contribution in [2.24, 2.45) is 5.73 Å². The highest BCUT2D eigenvalue weighted by molar-refractivity contribution is 6.43. The van der Waals surface area contributed by atoms with Crippen molar-refractivity contribution in [1.82, 2.24) is 4.98 Å². The van der Waals surface area contributed by atoms with Crippen molar-refractivity contribution in [3.8, 4) is 0 Å². The summed E-state index contributed by atoms with van der Waals surface area (Å²) in [6.07, 6.45) is -3.67. The van der Waals surface area contributed by atoms with Gasteiger partial charge in [-0.1, -0.05) is 34.8 Å². The fourth-order valence-electron chi connectivity index (χ4n) is 0.904. The molecule has 0 aliphatic rings. The van der Waals surface area contributed by atoms with E-state index in [2.05, 4.69) is 4.98 Å². The van der Waals surface area contributed by atoms with E-state index in [1.807, 2.05) is 0 Å². The number of nitrogens with zero attached hydrogens (tertiary/aromatic N) is 1. The first-order chi connectivity index (χ1) is 6.75. The minimum atomic E-state index is -4.64. The Morgan fingerprint density at radius 1 is 1.25 bits per heavy atom. The summed E-state index contributed by atoms with van der Waals surface area (Å²) in [6.45, 7) is 0. The zero-order chi connectivity index (χ0) is 11.8. The molecule has 0 amide bonds. The predicted molar refractivity (Wildman–Crippen MR) is 59.5 cm³/mol. The maximum Gasteiger partial charge on any atom is 0.407 e. The van der Waals surface area contributed by atoms with Crippen LogP contribution in [0.1, 0.15) is 11.6 Å². The Labute approximate surface area is 110 Å². The quantitative estimate of drug-likeness (QED) is 0.795. The average Bonchev–Trinajstić information content (AvgIpc) is 2.10. The molecule has 2 nitrogen and oxygen atoms in total. The van der Waals surface area contributed by atoms with E-state index >= 15 is 0 Å². The maximum absolute atomic E-state index is 12.3. The summed E-state index contributed by atoms with van der Waals surface area (Å²) in [6, 6.07) is -2.28. The molecule has 1 rings (SSSR count). The van der Waals surface area contributed by atoms with Crippen molar-refractivity contribution in [2.45, 2.75) is 12.2 Å². The molecule has 0 radical (unpaired) electrons. The van der Waals surface area contributed by atoms with E-state index < -0.39 is 17.8 Å². The Bertz CT molecular complexity index is 383. The van der Waals surface area contributed by atoms with E-state index in [1.165, 1.54) is 0 Å². The molecule has 1 aromatic rings. The summed E-state index contributed by atoms with van der Waals surface area (Å²) < 4.78 is 37.0. The highest BCUT2D eigenvalue weighted by atomic mass is 35.5. The van der Waals surface area contributed by atoms with E-state index in [0.717, 1.165) is 6.20 Å². The molecule has 0 fully saturated rings. The van der Waals surface area contributed by atoms with Gasteiger partial charge in [0.05, 0.1) is 10.0 Å². The van der Waals surface area contributed by atoms with Crippen LogP contribution in [0.2, 0.25) is 15.2 Å². The van der Waals surface area contributed by atoms with Crippen LogP contribution in [0.5, 0.6) is 0 Å². The van der Waals surface area contributed by atoms with Gasteiger partial charge in [0.15, 0.2) is 0 Å². The number of alkyl halides is 3. The molecule has 0 saturated carbocycles. The Balaban J connectivity index is 0.00000225. The van der Waals surface area contributed by atoms with Crippen LogP contribution in [0.15, 0.2) is 6.20 Å². The Morgan fingerprint density at radius 3 is 2.19 bits per heavy atom. The van der Waals surface area contributed by atoms with Crippen molar-refractivity contribution >= 4 is 47.2 Å². The highest BCUT2D eigenvalue weighted by Gasteiger charge is 2.40. The van der Waals surface area contributed by atoms with Gasteiger partial charge in [0, 0.05) is 11.8 Å². The van der Waals surface area contributed by atoms with Gasteiger partial charge in [-0.2, -0.15) is 13.2 Å². The monoisotopic (exact) mass is 314 g/mol. The molecule has 16 heavy (non-hydrogen) atoms. The second kappa shape index (κ2) is 5.60. The summed E-state index contributed by atoms with van der Waals surface area (Å²) >= 11 is 16.5. The van der Waals surface area contributed by atoms with Crippen molar-refractivity contribution in [2.75, 3.05) is 0 Å². The SMILES string of the molecule is Cl.N[C@H](c1c(Cl)cnc(Cl)c1Cl)C(F)(F)F. The third-order valence-corrected chi connectivity index (χ3v) is 2.70. The molecule has 0 unspecified atom stereocenters. The largest absolute Gasteiger partial charge is 0.407 e. The van der Waals surface area contributed by atoms with E-state index in [9.17, 15) is 13.2 Å². The van der Waals surface area contributed by atoms with E-state index in [0.29, 0.717) is 0 Å². The van der Waals surface area contributed by atoms with Gasteiger partial charge < -0.3 is 5.73 Å². The first-order valence-corrected chi connectivity index (χ1v) is 4.70. The summed E-state index contributed by atoms with van der Waals surface area (Å²) in [5.74, 6) is 0. The zero-order valence-corrected chi connectivity index (χ0v) is 10.4. The molecule has 1 heterocycles. The summed E-state index contributed by atoms with van der Waals surface area (Å²) in [5, 5.41) is -0.918. The lowest BCUT2D eigenvalue weighted by atomic mass is 10.1. The molecule has 2 N–H and O–H groups in total. The zero-order valence-electron chi connectivity index (χ0n) is 7.36. The normalized spacial score (nSPS) is 13.2. The molecule has 9 heteroatoms. The summed E-state index contributed by atoms with van der Waals surface area (Å²) in [5.41, 5.74) is 4.50. The standard InChI is InChI=1S/C7H4Cl3F3N2.ClH/c8-2-1-15-6(10)4(9)3(2)5(14)7(11,12)13;/h1,5H,14H2;1H/t5-;/m1./s1. The Kier molecular flexibility index (Phi) is 5.62. The van der Waals surface area contributed by atoms with Crippen LogP contribution in [0.25, 0.3) is 0 Å². The number of hydrogen-bond donors (Lipinski definition) is 1. The summed E-state index contributed by atoms with van der Waals surface area (Å²) in [7, 11) is 0. The van der Waals surface area contributed by atoms with Crippen LogP contribution in [0, 0.1) is 0 Å². The molecule has 0 aliphatic carbocycles. The number of rotatable bonds is 1. The highest BCUT2D eigenvalue weighted by Crippen LogP contribution is 2.39. The van der Waals surface area contributed by atoms with Gasteiger partial charge in [-0.15, -0.1) is 12.4 Å². The van der Waals surface area contributed by atoms with Crippen molar-refractivity contribution in [1.29, 1.82) is 0 Å². The van der Waals surface area contributed by atoms with Gasteiger partial charge in [-0.3, -0.25) is 0 Å². The molecule has 92 valence electrons. The van der Waals surface area contributed by atoms with Gasteiger partial charge in [0.25, 0.3) is 0 Å². The van der Waals surface area contributed by atoms with Crippen LogP contribution in [0.4, 0.5) is 13.2 Å². The first-order valence-electron chi connectivity index (χ1n) is 3.57. The second-order valence-electron chi connectivity index (χ2n) is 2.64. The van der Waals surface area contributed by atoms with Gasteiger partial charge in [-0.05, 0) is 0 Å². The lowest BCUT2D eigenvalue weighted by Gasteiger charge is -2.18. The van der Waals surface area contributed by atoms with Gasteiger partial charge >= 0.3 is 6.18 Å². The minimum absolute atomic E-state index is 0. The van der Waals surface area contributed by atoms with Crippen LogP contribution < -0.4 is 5.73 Å². The van der Waals surface area contributed by atoms with Crippen molar-refractivity contribution in [3.05, 3.63) is 27.0 Å². The molecule has 0 saturated heterocycles. The van der Waals surface area contributed by atoms with Crippen LogP contribution in [0.3, 0.4) is 0 Å². The van der Waals surface area contributed by atoms with E-state index in [-0.39, 0.29) is 27.6 Å². The van der Waals surface area contributed by atoms with E-state index in [4.69, 9.17) is 40.5 Å². The molecule has 0 aliphatic heterocycles. The van der Waals surface area contributed by atoms with E-state index in [1.54, 1.807) is 0 Å². The fourth-order valence-corrected chi connectivity index (χ4v) is 1.63. The lowest BCUT2D eigenvalue weighted by molar-refractivity contribution is -0.149. The first kappa shape index (κ1) is 16.1. The summed E-state index contributed by atoms with van der Waals surface area (Å²) in [4.78, 5) is 3.48. The van der Waals surface area contributed by atoms with Gasteiger partial charge in [0.2, 0.25) is 0 Å². The third-order valence-electron chi connectivity index (χ3n) is 1.63. The van der Waals surface area contributed by atoms with Crippen LogP contribution in [-0.4, -0.2) is 11.2 Å². The maximum atomic E-state index is 12.3. The van der Waals surface area contributed by atoms with Crippen molar-refractivity contribution in [3.63, 3.8) is 0 Å². The van der Waals surface area contributed by atoms with Crippen LogP contribution >= 0.6 is 47.2 Å². The molecule has 0 aromatic carbocycles. The molecule has 0 bridgehead atoms. The number of aromatic nitrogens is 1. The molecular weight excluding hydrogens is 311 g/mol. The number of pyridine rings is 1. The average molecular weight is 316 g/mol. The Morgan fingerprint density at radius 2 is 1.75 bits per heavy atom. The topological polar surface area (TPSA) is 38.9 Å². The Hall–Kier alpha value is 0.0600. The lowest BCUT2D eigenvalue weighted by Crippen LogP contribution is -2.29. The third kappa shape index (κ3) is 3.28. The second-order valence-corrected chi connectivity index (χ2v) is 3.79.